The Morgan fingerprint density at radius 1 is 0.977 bits per heavy atom. The molecule has 7 rings (SSSR count). The van der Waals surface area contributed by atoms with E-state index in [1.807, 2.05) is 6.07 Å². The van der Waals surface area contributed by atoms with Crippen molar-refractivity contribution in [3.63, 3.8) is 0 Å². The highest BCUT2D eigenvalue weighted by Gasteiger charge is 2.32. The molecule has 1 amide bonds. The van der Waals surface area contributed by atoms with Gasteiger partial charge in [-0.15, -0.1) is 5.10 Å². The number of para-hydroxylation sites is 1. The van der Waals surface area contributed by atoms with Crippen molar-refractivity contribution in [2.24, 2.45) is 4.99 Å². The zero-order chi connectivity index (χ0) is 30.4. The number of aliphatic imine (C=N–C) groups is 1. The number of alkyl halides is 3. The number of hydrogen-bond acceptors (Lipinski definition) is 9. The number of aromatic nitrogens is 6. The smallest absolute Gasteiger partial charge is 0.403 e. The summed E-state index contributed by atoms with van der Waals surface area (Å²) in [6, 6.07) is 13.0. The number of fused-ring (bicyclic) bond motifs is 1. The zero-order valence-corrected chi connectivity index (χ0v) is 22.6. The van der Waals surface area contributed by atoms with E-state index in [0.717, 1.165) is 23.7 Å². The van der Waals surface area contributed by atoms with Crippen molar-refractivity contribution in [3.05, 3.63) is 89.9 Å². The van der Waals surface area contributed by atoms with E-state index in [1.54, 1.807) is 30.3 Å². The average molecular weight is 604 g/mol. The molecule has 1 saturated carbocycles. The van der Waals surface area contributed by atoms with Gasteiger partial charge in [0, 0.05) is 41.2 Å². The van der Waals surface area contributed by atoms with Crippen LogP contribution in [0.15, 0.2) is 76.5 Å². The highest BCUT2D eigenvalue weighted by Crippen LogP contribution is 2.38. The predicted molar refractivity (Wildman–Crippen MR) is 149 cm³/mol. The van der Waals surface area contributed by atoms with Crippen LogP contribution in [-0.4, -0.2) is 53.9 Å². The summed E-state index contributed by atoms with van der Waals surface area (Å²) >= 11 is 0. The summed E-state index contributed by atoms with van der Waals surface area (Å²) in [4.78, 5) is 26.4. The Morgan fingerprint density at radius 3 is 2.48 bits per heavy atom. The third-order valence-electron chi connectivity index (χ3n) is 6.98. The minimum absolute atomic E-state index is 0.0349. The van der Waals surface area contributed by atoms with Crippen molar-refractivity contribution in [3.8, 4) is 22.7 Å². The molecule has 4 heterocycles. The van der Waals surface area contributed by atoms with E-state index in [9.17, 15) is 22.4 Å². The van der Waals surface area contributed by atoms with Gasteiger partial charge in [0.15, 0.2) is 0 Å². The van der Waals surface area contributed by atoms with Gasteiger partial charge in [0.2, 0.25) is 6.17 Å². The first-order chi connectivity index (χ1) is 21.2. The largest absolute Gasteiger partial charge is 0.408 e. The summed E-state index contributed by atoms with van der Waals surface area (Å²) < 4.78 is 60.9. The molecule has 2 aromatic carbocycles. The molecule has 0 saturated heterocycles. The summed E-state index contributed by atoms with van der Waals surface area (Å²) in [6.45, 7) is -1.35. The average Bonchev–Trinajstić information content (AvgIpc) is 3.65. The van der Waals surface area contributed by atoms with Crippen LogP contribution in [0.1, 0.15) is 35.7 Å². The summed E-state index contributed by atoms with van der Waals surface area (Å²) in [7, 11) is 0. The number of hydrogen-bond donors (Lipinski definition) is 2. The fourth-order valence-corrected chi connectivity index (χ4v) is 4.80. The number of benzodiazepines with no additional fused rings is 1. The van der Waals surface area contributed by atoms with Gasteiger partial charge >= 0.3 is 12.2 Å². The maximum atomic E-state index is 14.8. The van der Waals surface area contributed by atoms with Crippen LogP contribution >= 0.6 is 0 Å². The van der Waals surface area contributed by atoms with Crippen molar-refractivity contribution < 1.29 is 26.8 Å². The summed E-state index contributed by atoms with van der Waals surface area (Å²) in [5, 5.41) is 17.3. The van der Waals surface area contributed by atoms with Crippen LogP contribution in [0.3, 0.4) is 0 Å². The van der Waals surface area contributed by atoms with Crippen molar-refractivity contribution >= 4 is 23.3 Å². The lowest BCUT2D eigenvalue weighted by atomic mass is 10.0. The highest BCUT2D eigenvalue weighted by molar-refractivity contribution is 6.19. The first-order valence-electron chi connectivity index (χ1n) is 13.5. The lowest BCUT2D eigenvalue weighted by Gasteiger charge is -2.11. The zero-order valence-electron chi connectivity index (χ0n) is 22.6. The maximum Gasteiger partial charge on any atom is 0.408 e. The van der Waals surface area contributed by atoms with E-state index >= 15 is 0 Å². The van der Waals surface area contributed by atoms with Crippen molar-refractivity contribution in [2.45, 2.75) is 37.6 Å². The van der Waals surface area contributed by atoms with Gasteiger partial charge in [-0.1, -0.05) is 47.6 Å². The van der Waals surface area contributed by atoms with Gasteiger partial charge in [-0.05, 0) is 18.9 Å². The van der Waals surface area contributed by atoms with Crippen molar-refractivity contribution in [1.82, 2.24) is 29.9 Å². The van der Waals surface area contributed by atoms with Crippen LogP contribution < -0.4 is 10.6 Å². The quantitative estimate of drug-likeness (QED) is 0.243. The van der Waals surface area contributed by atoms with Crippen LogP contribution in [-0.2, 0) is 11.3 Å². The molecule has 0 bridgehead atoms. The maximum absolute atomic E-state index is 14.8. The van der Waals surface area contributed by atoms with Gasteiger partial charge in [-0.25, -0.2) is 19.4 Å². The van der Waals surface area contributed by atoms with E-state index in [1.165, 1.54) is 24.5 Å². The standard InChI is InChI=1S/C29H21F4N9O2/c30-20-8-4-7-18-21(15-5-2-1-3-6-15)36-25(26(43)37-23(18)20)38-28-40-39-27(44-28)19-13-42(14-29(31,32)33)41-22(19)17-11-34-24(35-12-17)16-9-10-16/h1-8,11-13,16,25H,9-10,14H2,(H,37,43)(H,38,40)/t25-/m1/s1. The molecule has 2 aliphatic rings. The van der Waals surface area contributed by atoms with Gasteiger partial charge in [-0.3, -0.25) is 9.48 Å². The summed E-state index contributed by atoms with van der Waals surface area (Å²) in [5.41, 5.74) is 1.87. The molecule has 44 heavy (non-hydrogen) atoms. The number of nitrogens with zero attached hydrogens (tertiary/aromatic N) is 7. The molecule has 3 aromatic heterocycles. The molecule has 1 aliphatic heterocycles. The van der Waals surface area contributed by atoms with Crippen LogP contribution in [0.5, 0.6) is 0 Å². The van der Waals surface area contributed by atoms with Crippen LogP contribution in [0.2, 0.25) is 0 Å². The second kappa shape index (κ2) is 10.7. The molecule has 0 radical (unpaired) electrons. The first-order valence-corrected chi connectivity index (χ1v) is 13.5. The number of amides is 1. The number of halogens is 4. The lowest BCUT2D eigenvalue weighted by Crippen LogP contribution is -2.32. The molecule has 2 N–H and O–H groups in total. The first kappa shape index (κ1) is 27.4. The molecule has 5 aromatic rings. The van der Waals surface area contributed by atoms with E-state index in [0.29, 0.717) is 28.2 Å². The molecule has 15 heteroatoms. The van der Waals surface area contributed by atoms with E-state index in [4.69, 9.17) is 4.42 Å². The summed E-state index contributed by atoms with van der Waals surface area (Å²) in [6.07, 6.45) is 0.226. The fourth-order valence-electron chi connectivity index (χ4n) is 4.80. The lowest BCUT2D eigenvalue weighted by molar-refractivity contribution is -0.142. The van der Waals surface area contributed by atoms with Crippen molar-refractivity contribution in [2.75, 3.05) is 10.6 Å². The van der Waals surface area contributed by atoms with E-state index in [2.05, 4.69) is 40.9 Å². The van der Waals surface area contributed by atoms with E-state index in [-0.39, 0.29) is 34.8 Å². The topological polar surface area (TPSA) is 136 Å². The Hall–Kier alpha value is -5.47. The van der Waals surface area contributed by atoms with Gasteiger partial charge < -0.3 is 15.1 Å². The normalized spacial score (nSPS) is 16.6. The molecule has 1 fully saturated rings. The number of carbonyl (C=O) groups is 1. The molecule has 0 unspecified atom stereocenters. The Bertz CT molecular complexity index is 1880. The second-order valence-corrected chi connectivity index (χ2v) is 10.3. The molecular weight excluding hydrogens is 582 g/mol. The Balaban J connectivity index is 1.22. The molecule has 1 atom stereocenters. The third-order valence-corrected chi connectivity index (χ3v) is 6.98. The monoisotopic (exact) mass is 603 g/mol. The summed E-state index contributed by atoms with van der Waals surface area (Å²) in [5.74, 6) is -0.566. The number of anilines is 2. The minimum Gasteiger partial charge on any atom is -0.403 e. The highest BCUT2D eigenvalue weighted by atomic mass is 19.4. The van der Waals surface area contributed by atoms with E-state index < -0.39 is 30.6 Å². The van der Waals surface area contributed by atoms with Crippen LogP contribution in [0.4, 0.5) is 29.3 Å². The number of carbonyl (C=O) groups excluding carboxylic acids is 1. The fraction of sp³-hybridized carbons (Fsp3) is 0.207. The molecule has 1 aliphatic carbocycles. The SMILES string of the molecule is O=C1Nc2c(F)cccc2C(c2ccccc2)=N[C@@H]1Nc1nnc(-c2cn(CC(F)(F)F)nc2-c2cnc(C3CC3)nc2)o1. The Labute approximate surface area is 246 Å². The molecule has 0 spiro atoms. The number of benzene rings is 2. The Kier molecular flexibility index (Phi) is 6.63. The minimum atomic E-state index is -4.53. The third kappa shape index (κ3) is 5.50. The molecule has 222 valence electrons. The second-order valence-electron chi connectivity index (χ2n) is 10.3. The van der Waals surface area contributed by atoms with Gasteiger partial charge in [0.1, 0.15) is 23.9 Å². The van der Waals surface area contributed by atoms with Gasteiger partial charge in [0.05, 0.1) is 17.0 Å². The number of nitrogens with one attached hydrogen (secondary N) is 2. The molecular formula is C29H21F4N9O2. The van der Waals surface area contributed by atoms with Crippen molar-refractivity contribution in [1.29, 1.82) is 0 Å². The Morgan fingerprint density at radius 2 is 1.75 bits per heavy atom. The predicted octanol–water partition coefficient (Wildman–Crippen LogP) is 5.20. The van der Waals surface area contributed by atoms with Gasteiger partial charge in [-0.2, -0.15) is 18.3 Å². The van der Waals surface area contributed by atoms with Crippen LogP contribution in [0, 0.1) is 5.82 Å². The number of rotatable bonds is 7. The van der Waals surface area contributed by atoms with Gasteiger partial charge in [0.25, 0.3) is 11.8 Å². The molecule has 11 nitrogen and oxygen atoms in total. The van der Waals surface area contributed by atoms with Crippen LogP contribution in [0.25, 0.3) is 22.7 Å².